The fourth-order valence-electron chi connectivity index (χ4n) is 4.20. The molecule has 0 amide bonds. The molecule has 0 spiro atoms. The average Bonchev–Trinajstić information content (AvgIpc) is 3.20. The van der Waals surface area contributed by atoms with E-state index in [0.29, 0.717) is 11.1 Å². The number of halogens is 2. The van der Waals surface area contributed by atoms with Crippen LogP contribution < -0.4 is 47.5 Å². The Balaban J connectivity index is -0.000000184. The fraction of sp³-hybridized carbons (Fsp3) is 0.273. The molecule has 0 aliphatic rings. The second kappa shape index (κ2) is 45.7. The molecular formula is C44H56Cl2Cu2N4O16S4. The number of ketones is 2. The first-order valence-corrected chi connectivity index (χ1v) is 29.2. The van der Waals surface area contributed by atoms with Gasteiger partial charge in [-0.05, 0) is 79.6 Å². The van der Waals surface area contributed by atoms with Crippen LogP contribution in [0, 0.1) is 20.5 Å². The second-order valence-electron chi connectivity index (χ2n) is 13.1. The smallest absolute Gasteiger partial charge is 0.875 e. The van der Waals surface area contributed by atoms with E-state index in [1.165, 1.54) is 33.8 Å². The molecule has 0 saturated carbocycles. The number of allylic oxidation sites excluding steroid dienone is 4. The quantitative estimate of drug-likeness (QED) is 0.0883. The summed E-state index contributed by atoms with van der Waals surface area (Å²) in [6, 6.07) is 29.5. The fourth-order valence-corrected chi connectivity index (χ4v) is 4.20. The zero-order chi connectivity index (χ0) is 55.2. The zero-order valence-electron chi connectivity index (χ0n) is 40.9. The van der Waals surface area contributed by atoms with Gasteiger partial charge in [-0.2, -0.15) is 0 Å². The first-order chi connectivity index (χ1) is 32.1. The summed E-state index contributed by atoms with van der Waals surface area (Å²) in [5, 5.41) is 23.1. The van der Waals surface area contributed by atoms with Gasteiger partial charge in [0.15, 0.2) is 11.6 Å². The molecule has 0 bridgehead atoms. The van der Waals surface area contributed by atoms with Crippen molar-refractivity contribution in [2.45, 2.75) is 27.7 Å². The van der Waals surface area contributed by atoms with E-state index in [2.05, 4.69) is 19.9 Å². The van der Waals surface area contributed by atoms with Crippen molar-refractivity contribution in [3.05, 3.63) is 144 Å². The number of pyridine rings is 4. The van der Waals surface area contributed by atoms with Gasteiger partial charge >= 0.3 is 34.1 Å². The number of carbonyl (C=O) groups excluding carboxylic acids is 2. The maximum absolute atomic E-state index is 11.5. The third-order valence-corrected chi connectivity index (χ3v) is 6.03. The van der Waals surface area contributed by atoms with Gasteiger partial charge in [-0.25, -0.2) is 37.3 Å². The van der Waals surface area contributed by atoms with E-state index >= 15 is 0 Å². The molecule has 5 rings (SSSR count). The molecule has 5 aromatic rings. The Kier molecular flexibility index (Phi) is 50.5. The SMILES string of the molecule is CC(=O)/C(=C(/C)[O-])c1cccc(/C(C(C)=O)=C(\C)[O-])c1.CS(C)=O.CS(C)=O.CS(C)=O.CS(C)=O.[Cu+2].[Cu+2].[O-][Cl+3]([O-])([O-])[O-].[O-][Cl+3]([O-])([O-])[O-].c1ccc(-c2ccccn2)nc1.c1ccc(-c2ccccn2)nc1. The number of Topliss-reactive ketones (excluding diaryl/α,β-unsaturated/α-hetero) is 2. The summed E-state index contributed by atoms with van der Waals surface area (Å²) >= 11 is 0. The van der Waals surface area contributed by atoms with E-state index in [1.807, 2.05) is 72.8 Å². The first kappa shape index (κ1) is 79.5. The van der Waals surface area contributed by atoms with Crippen LogP contribution in [0.2, 0.25) is 0 Å². The molecule has 20 nitrogen and oxygen atoms in total. The third kappa shape index (κ3) is 57.0. The summed E-state index contributed by atoms with van der Waals surface area (Å²) in [5.74, 6) is -1.38. The van der Waals surface area contributed by atoms with Gasteiger partial charge in [-0.1, -0.05) is 56.3 Å². The van der Waals surface area contributed by atoms with Gasteiger partial charge in [0.25, 0.3) is 0 Å². The van der Waals surface area contributed by atoms with Crippen molar-refractivity contribution in [1.82, 2.24) is 19.9 Å². The molecule has 0 atom stereocenters. The van der Waals surface area contributed by atoms with E-state index in [1.54, 1.807) is 93.0 Å². The van der Waals surface area contributed by atoms with Crippen molar-refractivity contribution >= 4 is 65.9 Å². The number of hydrogen-bond donors (Lipinski definition) is 0. The molecule has 4 aromatic heterocycles. The van der Waals surface area contributed by atoms with Crippen molar-refractivity contribution < 1.29 is 129 Å². The van der Waals surface area contributed by atoms with Crippen molar-refractivity contribution in [3.8, 4) is 22.8 Å². The van der Waals surface area contributed by atoms with Gasteiger partial charge in [0.2, 0.25) is 0 Å². The van der Waals surface area contributed by atoms with Crippen molar-refractivity contribution in [2.75, 3.05) is 50.0 Å². The molecule has 408 valence electrons. The number of hydrogen-bond acceptors (Lipinski definition) is 20. The van der Waals surface area contributed by atoms with Gasteiger partial charge in [0, 0.05) is 129 Å². The standard InChI is InChI=1S/C16H18O4.2C10H8N2.4C2H6OS.2ClHO4.2Cu/c1-9(17)15(10(2)18)13-6-5-7-14(8-13)16(11(3)19)12(4)20;2*1-3-7-11-9(5-1)10-6-2-4-8-12-10;4*1-4(2)3;2*2-1(3,4)5;;/h5-8,17,19H,1-4H3;2*1-8H;4*1-2H3;2*(H,2,3,4,5);;/q;;;;;;;;;2*+2/p-4/b15-9+,16-11+;;;;;;;;;;. The number of aromatic nitrogens is 4. The Bertz CT molecular complexity index is 2090. The van der Waals surface area contributed by atoms with Crippen LogP contribution >= 0.6 is 0 Å². The van der Waals surface area contributed by atoms with Crippen LogP contribution in [0.1, 0.15) is 38.8 Å². The molecule has 0 saturated heterocycles. The summed E-state index contributed by atoms with van der Waals surface area (Å²) in [6.45, 7) is 5.24. The van der Waals surface area contributed by atoms with Crippen LogP contribution in [0.4, 0.5) is 0 Å². The Morgan fingerprint density at radius 1 is 0.389 bits per heavy atom. The second-order valence-corrected chi connectivity index (χ2v) is 20.6. The molecule has 0 aliphatic carbocycles. The number of carbonyl (C=O) groups is 2. The monoisotopic (exact) mass is 1220 g/mol. The minimum absolute atomic E-state index is 0. The van der Waals surface area contributed by atoms with E-state index < -0.39 is 63.7 Å². The number of rotatable bonds is 6. The van der Waals surface area contributed by atoms with Crippen LogP contribution in [0.3, 0.4) is 0 Å². The first-order valence-electron chi connectivity index (χ1n) is 18.9. The number of benzene rings is 1. The van der Waals surface area contributed by atoms with E-state index in [0.717, 1.165) is 22.8 Å². The zero-order valence-corrected chi connectivity index (χ0v) is 47.5. The minimum Gasteiger partial charge on any atom is -0.875 e. The minimum atomic E-state index is -4.94. The molecule has 2 radical (unpaired) electrons. The Morgan fingerprint density at radius 2 is 0.569 bits per heavy atom. The predicted molar refractivity (Wildman–Crippen MR) is 248 cm³/mol. The molecule has 28 heteroatoms. The van der Waals surface area contributed by atoms with Crippen LogP contribution in [-0.2, 0) is 86.9 Å². The van der Waals surface area contributed by atoms with Crippen molar-refractivity contribution in [3.63, 3.8) is 0 Å². The third-order valence-electron chi connectivity index (χ3n) is 6.03. The van der Waals surface area contributed by atoms with Crippen LogP contribution in [0.5, 0.6) is 0 Å². The Labute approximate surface area is 456 Å². The molecular weight excluding hydrogens is 1170 g/mol. The molecule has 0 N–H and O–H groups in total. The van der Waals surface area contributed by atoms with Crippen LogP contribution in [-0.4, -0.2) is 98.4 Å². The van der Waals surface area contributed by atoms with Gasteiger partial charge in [-0.3, -0.25) is 46.4 Å². The van der Waals surface area contributed by atoms with E-state index in [4.69, 9.17) is 37.3 Å². The molecule has 0 unspecified atom stereocenters. The Morgan fingerprint density at radius 3 is 0.694 bits per heavy atom. The van der Waals surface area contributed by atoms with Crippen molar-refractivity contribution in [2.24, 2.45) is 0 Å². The molecule has 4 heterocycles. The Hall–Kier alpha value is -3.86. The summed E-state index contributed by atoms with van der Waals surface area (Å²) in [6.07, 6.45) is 20.2. The van der Waals surface area contributed by atoms with E-state index in [-0.39, 0.29) is 68.4 Å². The van der Waals surface area contributed by atoms with Crippen LogP contribution in [0.15, 0.2) is 133 Å². The predicted octanol–water partition coefficient (Wildman–Crippen LogP) is -4.20. The largest absolute Gasteiger partial charge is 2.00 e. The summed E-state index contributed by atoms with van der Waals surface area (Å²) in [7, 11) is -12.3. The number of nitrogens with zero attached hydrogens (tertiary/aromatic N) is 4. The summed E-state index contributed by atoms with van der Waals surface area (Å²) in [4.78, 5) is 39.8. The van der Waals surface area contributed by atoms with Gasteiger partial charge in [0.05, 0.1) is 22.8 Å². The molecule has 1 aromatic carbocycles. The van der Waals surface area contributed by atoms with Gasteiger partial charge in [0.1, 0.15) is 0 Å². The van der Waals surface area contributed by atoms with Gasteiger partial charge < -0.3 is 10.2 Å². The van der Waals surface area contributed by atoms with Gasteiger partial charge in [-0.15, -0.1) is 32.0 Å². The van der Waals surface area contributed by atoms with Crippen LogP contribution in [0.25, 0.3) is 33.9 Å². The maximum Gasteiger partial charge on any atom is 2.00 e. The molecule has 72 heavy (non-hydrogen) atoms. The maximum atomic E-state index is 11.5. The topological polar surface area (TPSA) is 385 Å². The molecule has 0 fully saturated rings. The average molecular weight is 1220 g/mol. The summed E-state index contributed by atoms with van der Waals surface area (Å²) < 4.78 is 106. The molecule has 0 aliphatic heterocycles. The summed E-state index contributed by atoms with van der Waals surface area (Å²) in [5.41, 5.74) is 4.63. The normalized spacial score (nSPS) is 10.6. The van der Waals surface area contributed by atoms with Crippen molar-refractivity contribution in [1.29, 1.82) is 0 Å². The van der Waals surface area contributed by atoms with E-state index in [9.17, 15) is 36.6 Å².